The third-order valence-corrected chi connectivity index (χ3v) is 10.4. The van der Waals surface area contributed by atoms with Crippen molar-refractivity contribution in [1.29, 1.82) is 0 Å². The van der Waals surface area contributed by atoms with Crippen molar-refractivity contribution in [2.24, 2.45) is 0 Å². The van der Waals surface area contributed by atoms with Gasteiger partial charge in [0.25, 0.3) is 10.0 Å². The van der Waals surface area contributed by atoms with E-state index in [9.17, 15) is 17.9 Å². The van der Waals surface area contributed by atoms with Crippen LogP contribution in [0.2, 0.25) is 0 Å². The van der Waals surface area contributed by atoms with Crippen molar-refractivity contribution in [1.82, 2.24) is 0 Å². The third kappa shape index (κ3) is 3.35. The molecule has 0 aromatic heterocycles. The zero-order valence-electron chi connectivity index (χ0n) is 18.7. The summed E-state index contributed by atoms with van der Waals surface area (Å²) in [5, 5.41) is 6.17. The minimum absolute atomic E-state index is 0.0610. The van der Waals surface area contributed by atoms with Crippen LogP contribution in [0.4, 0.5) is 11.4 Å². The second-order valence-electron chi connectivity index (χ2n) is 8.61. The van der Waals surface area contributed by atoms with E-state index in [0.29, 0.717) is 20.9 Å². The highest BCUT2D eigenvalue weighted by Gasteiger charge is 2.44. The van der Waals surface area contributed by atoms with Gasteiger partial charge in [-0.1, -0.05) is 78.4 Å². The first-order valence-electron chi connectivity index (χ1n) is 11.0. The highest BCUT2D eigenvalue weighted by molar-refractivity contribution is 8.00. The summed E-state index contributed by atoms with van der Waals surface area (Å²) in [4.78, 5) is 11.2. The van der Waals surface area contributed by atoms with Crippen LogP contribution in [0.25, 0.3) is 32.7 Å². The Morgan fingerprint density at radius 1 is 0.743 bits per heavy atom. The Hall–Kier alpha value is -3.64. The zero-order chi connectivity index (χ0) is 24.4. The molecule has 0 radical (unpaired) electrons. The fourth-order valence-corrected chi connectivity index (χ4v) is 8.46. The van der Waals surface area contributed by atoms with Gasteiger partial charge in [-0.25, -0.2) is 13.0 Å². The monoisotopic (exact) mass is 500 g/mol. The molecule has 2 N–H and O–H groups in total. The molecular weight excluding hydrogens is 479 g/mol. The Labute approximate surface area is 203 Å². The van der Waals surface area contributed by atoms with Gasteiger partial charge in [-0.15, -0.1) is 0 Å². The molecule has 0 fully saturated rings. The summed E-state index contributed by atoms with van der Waals surface area (Å²) in [5.41, 5.74) is 2.71. The Balaban J connectivity index is 1.77. The molecule has 8 heteroatoms. The first-order valence-corrected chi connectivity index (χ1v) is 14.1. The van der Waals surface area contributed by atoms with E-state index < -0.39 is 17.7 Å². The van der Waals surface area contributed by atoms with E-state index in [4.69, 9.17) is 0 Å². The number of anilines is 2. The van der Waals surface area contributed by atoms with Gasteiger partial charge in [0.1, 0.15) is 0 Å². The summed E-state index contributed by atoms with van der Waals surface area (Å²) in [6, 6.07) is 28.6. The van der Waals surface area contributed by atoms with Crippen LogP contribution < -0.4 is 9.16 Å². The Kier molecular flexibility index (Phi) is 4.80. The Morgan fingerprint density at radius 3 is 1.97 bits per heavy atom. The minimum Gasteiger partial charge on any atom is -0.312 e. The summed E-state index contributed by atoms with van der Waals surface area (Å²) in [5.74, 6) is 0. The largest absolute Gasteiger partial charge is 0.405 e. The SMILES string of the molecule is Cc1ccc(S(=O)(=O)N2c3ccc4ccccc4c3-c3c(ccc4ccccc34)NP2(=O)O)cc1. The Bertz CT molecular complexity index is 1800. The number of fused-ring (bicyclic) bond motifs is 7. The molecule has 0 saturated heterocycles. The van der Waals surface area contributed by atoms with Crippen LogP contribution in [0, 0.1) is 6.92 Å². The normalized spacial score (nSPS) is 17.5. The summed E-state index contributed by atoms with van der Waals surface area (Å²) in [7, 11) is -9.07. The number of sulfonamides is 1. The van der Waals surface area contributed by atoms with Crippen molar-refractivity contribution in [2.75, 3.05) is 9.16 Å². The van der Waals surface area contributed by atoms with E-state index in [0.717, 1.165) is 27.1 Å². The van der Waals surface area contributed by atoms with Crippen LogP contribution in [0.5, 0.6) is 0 Å². The second kappa shape index (κ2) is 7.68. The molecule has 0 amide bonds. The van der Waals surface area contributed by atoms with Crippen molar-refractivity contribution in [2.45, 2.75) is 11.8 Å². The van der Waals surface area contributed by atoms with Crippen LogP contribution >= 0.6 is 7.67 Å². The van der Waals surface area contributed by atoms with E-state index in [1.54, 1.807) is 30.3 Å². The molecular formula is C27H21N2O4PS. The lowest BCUT2D eigenvalue weighted by molar-refractivity contribution is 0.485. The fourth-order valence-electron chi connectivity index (χ4n) is 4.75. The van der Waals surface area contributed by atoms with Gasteiger partial charge in [-0.05, 0) is 52.7 Å². The molecule has 6 nitrogen and oxygen atoms in total. The second-order valence-corrected chi connectivity index (χ2v) is 12.4. The molecule has 0 saturated carbocycles. The first-order chi connectivity index (χ1) is 16.8. The zero-order valence-corrected chi connectivity index (χ0v) is 20.4. The lowest BCUT2D eigenvalue weighted by Gasteiger charge is -2.28. The first kappa shape index (κ1) is 21.9. The molecule has 1 unspecified atom stereocenters. The lowest BCUT2D eigenvalue weighted by atomic mass is 9.91. The van der Waals surface area contributed by atoms with E-state index in [2.05, 4.69) is 5.09 Å². The average molecular weight is 501 g/mol. The molecule has 0 spiro atoms. The average Bonchev–Trinajstić information content (AvgIpc) is 2.95. The molecule has 0 aliphatic carbocycles. The molecule has 5 aromatic carbocycles. The Morgan fingerprint density at radius 2 is 1.31 bits per heavy atom. The summed E-state index contributed by atoms with van der Waals surface area (Å²) < 4.78 is 42.4. The van der Waals surface area contributed by atoms with Crippen LogP contribution in [0.3, 0.4) is 0 Å². The predicted octanol–water partition coefficient (Wildman–Crippen LogP) is 6.69. The number of benzene rings is 5. The summed E-state index contributed by atoms with van der Waals surface area (Å²) in [6.45, 7) is 1.85. The maximum Gasteiger partial charge on any atom is 0.405 e. The predicted molar refractivity (Wildman–Crippen MR) is 141 cm³/mol. The number of nitrogens with zero attached hydrogens (tertiary/aromatic N) is 1. The van der Waals surface area contributed by atoms with Crippen LogP contribution in [0.15, 0.2) is 102 Å². The topological polar surface area (TPSA) is 86.7 Å². The van der Waals surface area contributed by atoms with E-state index in [1.165, 1.54) is 12.1 Å². The van der Waals surface area contributed by atoms with Gasteiger partial charge in [-0.2, -0.15) is 4.08 Å². The van der Waals surface area contributed by atoms with Crippen molar-refractivity contribution in [3.63, 3.8) is 0 Å². The van der Waals surface area contributed by atoms with Gasteiger partial charge in [0.15, 0.2) is 0 Å². The van der Waals surface area contributed by atoms with Crippen molar-refractivity contribution in [3.8, 4) is 11.1 Å². The molecule has 1 heterocycles. The van der Waals surface area contributed by atoms with Crippen molar-refractivity contribution < 1.29 is 17.9 Å². The smallest absolute Gasteiger partial charge is 0.312 e. The van der Waals surface area contributed by atoms with Crippen LogP contribution in [-0.4, -0.2) is 13.3 Å². The van der Waals surface area contributed by atoms with E-state index in [-0.39, 0.29) is 10.6 Å². The lowest BCUT2D eigenvalue weighted by Crippen LogP contribution is -2.30. The maximum atomic E-state index is 13.9. The molecule has 5 aromatic rings. The molecule has 6 rings (SSSR count). The van der Waals surface area contributed by atoms with Gasteiger partial charge < -0.3 is 4.89 Å². The number of nitrogens with one attached hydrogen (secondary N) is 1. The summed E-state index contributed by atoms with van der Waals surface area (Å²) >= 11 is 0. The molecule has 0 bridgehead atoms. The maximum absolute atomic E-state index is 13.9. The molecule has 174 valence electrons. The van der Waals surface area contributed by atoms with Crippen molar-refractivity contribution in [3.05, 3.63) is 103 Å². The van der Waals surface area contributed by atoms with Crippen LogP contribution in [-0.2, 0) is 14.6 Å². The number of aryl methyl sites for hydroxylation is 1. The quantitative estimate of drug-likeness (QED) is 0.264. The number of hydrogen-bond acceptors (Lipinski definition) is 3. The fraction of sp³-hybridized carbons (Fsp3) is 0.0370. The van der Waals surface area contributed by atoms with Gasteiger partial charge in [0.2, 0.25) is 0 Å². The summed E-state index contributed by atoms with van der Waals surface area (Å²) in [6.07, 6.45) is 0. The van der Waals surface area contributed by atoms with E-state index >= 15 is 0 Å². The molecule has 1 aliphatic rings. The van der Waals surface area contributed by atoms with Gasteiger partial charge in [-0.3, -0.25) is 5.09 Å². The molecule has 1 aliphatic heterocycles. The number of hydrogen-bond donors (Lipinski definition) is 2. The highest BCUT2D eigenvalue weighted by atomic mass is 32.2. The van der Waals surface area contributed by atoms with Crippen LogP contribution in [0.1, 0.15) is 5.56 Å². The van der Waals surface area contributed by atoms with Gasteiger partial charge >= 0.3 is 7.67 Å². The standard InChI is InChI=1S/C27H21N2O4PS/c1-18-10-14-21(15-11-18)35(32,33)29-25-17-13-20-7-3-5-9-23(20)27(25)26-22-8-4-2-6-19(22)12-16-24(26)28-34(29,30)31/h2-17H,1H3,(H2,28,30,31). The van der Waals surface area contributed by atoms with Gasteiger partial charge in [0, 0.05) is 11.1 Å². The highest BCUT2D eigenvalue weighted by Crippen LogP contribution is 2.59. The third-order valence-electron chi connectivity index (χ3n) is 6.35. The minimum atomic E-state index is -4.66. The molecule has 35 heavy (non-hydrogen) atoms. The van der Waals surface area contributed by atoms with Gasteiger partial charge in [0.05, 0.1) is 16.3 Å². The van der Waals surface area contributed by atoms with Crippen molar-refractivity contribution >= 4 is 50.6 Å². The number of rotatable bonds is 2. The molecule has 1 atom stereocenters. The van der Waals surface area contributed by atoms with E-state index in [1.807, 2.05) is 61.5 Å².